The lowest BCUT2D eigenvalue weighted by Crippen LogP contribution is -2.49. The fraction of sp³-hybridized carbons (Fsp3) is 0.391. The monoisotopic (exact) mass is 961 g/mol. The average molecular weight is 963 g/mol. The number of hydrogen-bond acceptors (Lipinski definition) is 11. The summed E-state index contributed by atoms with van der Waals surface area (Å²) in [5.41, 5.74) is 4.22. The number of fused-ring (bicyclic) bond motifs is 1. The minimum Gasteiger partial charge on any atom is -0.479 e. The van der Waals surface area contributed by atoms with Crippen LogP contribution in [0.25, 0.3) is 21.5 Å². The molecule has 5 heterocycles. The zero-order valence-corrected chi connectivity index (χ0v) is 38.8. The summed E-state index contributed by atoms with van der Waals surface area (Å²) in [5, 5.41) is 27.6. The number of imidazole rings is 1. The summed E-state index contributed by atoms with van der Waals surface area (Å²) in [5.74, 6) is -3.36. The van der Waals surface area contributed by atoms with Crippen LogP contribution in [0.1, 0.15) is 85.1 Å². The Balaban J connectivity index is 0.839. The molecule has 2 atom stereocenters. The molecule has 20 heteroatoms. The highest BCUT2D eigenvalue weighted by Crippen LogP contribution is 2.46. The van der Waals surface area contributed by atoms with Crippen molar-refractivity contribution in [2.24, 2.45) is 7.05 Å². The Morgan fingerprint density at radius 3 is 2.47 bits per heavy atom. The number of halogens is 2. The van der Waals surface area contributed by atoms with E-state index in [0.29, 0.717) is 53.2 Å². The Bertz CT molecular complexity index is 2800. The van der Waals surface area contributed by atoms with Crippen molar-refractivity contribution in [2.45, 2.75) is 81.7 Å². The van der Waals surface area contributed by atoms with Gasteiger partial charge in [-0.05, 0) is 105 Å². The quantitative estimate of drug-likeness (QED) is 0.0564. The maximum absolute atomic E-state index is 15.1. The fourth-order valence-corrected chi connectivity index (χ4v) is 11.6. The van der Waals surface area contributed by atoms with E-state index >= 15 is 4.39 Å². The fourth-order valence-electron chi connectivity index (χ4n) is 9.10. The van der Waals surface area contributed by atoms with Crippen molar-refractivity contribution >= 4 is 87.1 Å². The van der Waals surface area contributed by atoms with Gasteiger partial charge in [-0.25, -0.2) is 27.9 Å². The first-order valence-electron chi connectivity index (χ1n) is 21.5. The number of benzene rings is 3. The van der Waals surface area contributed by atoms with Gasteiger partial charge in [0.1, 0.15) is 16.9 Å². The number of imide groups is 1. The molecule has 2 aromatic heterocycles. The van der Waals surface area contributed by atoms with E-state index in [-0.39, 0.29) is 69.3 Å². The number of carboxylic acids is 2. The molecule has 3 aromatic carbocycles. The smallest absolute Gasteiger partial charge is 0.349 e. The minimum absolute atomic E-state index is 0.0424. The van der Waals surface area contributed by atoms with E-state index in [4.69, 9.17) is 21.4 Å². The zero-order valence-electron chi connectivity index (χ0n) is 36.4. The number of carbonyl (C=O) groups is 5. The molecule has 2 unspecified atom stereocenters. The van der Waals surface area contributed by atoms with Gasteiger partial charge in [0.05, 0.1) is 21.6 Å². The van der Waals surface area contributed by atoms with Crippen molar-refractivity contribution < 1.29 is 43.3 Å². The number of nitrogens with one attached hydrogen (secondary N) is 3. The number of aromatic nitrogens is 2. The van der Waals surface area contributed by atoms with Crippen LogP contribution < -0.4 is 26.4 Å². The minimum atomic E-state index is -1.27. The van der Waals surface area contributed by atoms with Crippen LogP contribution in [-0.2, 0) is 27.2 Å². The number of urea groups is 1. The molecule has 66 heavy (non-hydrogen) atoms. The normalized spacial score (nSPS) is 19.1. The number of aliphatic carboxylic acids is 1. The summed E-state index contributed by atoms with van der Waals surface area (Å²) in [6, 6.07) is 17.0. The van der Waals surface area contributed by atoms with Crippen LogP contribution in [0.2, 0.25) is 5.02 Å². The number of anilines is 2. The molecule has 16 nitrogen and oxygen atoms in total. The Morgan fingerprint density at radius 2 is 1.76 bits per heavy atom. The van der Waals surface area contributed by atoms with E-state index in [2.05, 4.69) is 34.1 Å². The van der Waals surface area contributed by atoms with E-state index in [1.165, 1.54) is 15.2 Å². The lowest BCUT2D eigenvalue weighted by molar-refractivity contribution is -0.139. The highest BCUT2D eigenvalue weighted by molar-refractivity contribution is 7.96. The number of carbonyl (C=O) groups excluding carboxylic acids is 3. The standard InChI is InChI=1S/C46H49ClFN7O9S2/c1-46(2)22-30(49-29-6-4-5-28(20-29)40-38(47)39(64-23-37(57)58)41(66-40)43(60)61)15-18-54(46)65-24-25-7-9-31(48)32(19-25)50-44(62)53-16-13-26(14-17-53)27-8-10-33-35(21-27)52(3)45(63)55(33)34-11-12-36(56)51-42(34)59/h4-10,19-21,26,30,34,49H,11-18,22-24H2,1-3H3,(H,50,62)(H,57,58)(H,60,61)(H,51,56,59). The summed E-state index contributed by atoms with van der Waals surface area (Å²) in [6.45, 7) is 5.29. The molecular formula is C46H49ClFN7O9S2. The van der Waals surface area contributed by atoms with Gasteiger partial charge in [-0.2, -0.15) is 0 Å². The first-order chi connectivity index (χ1) is 31.5. The van der Waals surface area contributed by atoms with E-state index in [9.17, 15) is 33.9 Å². The molecular weight excluding hydrogens is 913 g/mol. The third kappa shape index (κ3) is 9.79. The molecule has 5 aromatic rings. The highest BCUT2D eigenvalue weighted by Gasteiger charge is 2.36. The van der Waals surface area contributed by atoms with Crippen LogP contribution in [0.3, 0.4) is 0 Å². The van der Waals surface area contributed by atoms with Crippen molar-refractivity contribution in [3.05, 3.63) is 98.0 Å². The Morgan fingerprint density at radius 1 is 0.985 bits per heavy atom. The Kier molecular flexibility index (Phi) is 13.5. The predicted octanol–water partition coefficient (Wildman–Crippen LogP) is 7.92. The second-order valence-corrected chi connectivity index (χ2v) is 19.8. The molecule has 5 N–H and O–H groups in total. The molecule has 0 bridgehead atoms. The molecule has 0 spiro atoms. The zero-order chi connectivity index (χ0) is 47.0. The van der Waals surface area contributed by atoms with Crippen molar-refractivity contribution in [1.29, 1.82) is 0 Å². The first kappa shape index (κ1) is 46.6. The third-order valence-corrected chi connectivity index (χ3v) is 15.6. The Hall–Kier alpha value is -5.89. The molecule has 0 radical (unpaired) electrons. The number of amides is 4. The second-order valence-electron chi connectivity index (χ2n) is 17.4. The predicted molar refractivity (Wildman–Crippen MR) is 251 cm³/mol. The van der Waals surface area contributed by atoms with Crippen LogP contribution >= 0.6 is 34.9 Å². The van der Waals surface area contributed by atoms with Crippen LogP contribution in [0, 0.1) is 5.82 Å². The molecule has 8 rings (SSSR count). The number of hydrogen-bond donors (Lipinski definition) is 5. The Labute approximate surface area is 392 Å². The van der Waals surface area contributed by atoms with Crippen molar-refractivity contribution in [2.75, 3.05) is 36.9 Å². The van der Waals surface area contributed by atoms with Gasteiger partial charge in [0.15, 0.2) is 17.2 Å². The first-order valence-corrected chi connectivity index (χ1v) is 23.7. The number of piperidine rings is 3. The number of ether oxygens (including phenoxy) is 1. The summed E-state index contributed by atoms with van der Waals surface area (Å²) in [6.07, 6.45) is 3.38. The maximum Gasteiger partial charge on any atom is 0.349 e. The number of rotatable bonds is 13. The maximum atomic E-state index is 15.1. The van der Waals surface area contributed by atoms with Crippen LogP contribution in [-0.4, -0.2) is 96.2 Å². The van der Waals surface area contributed by atoms with Crippen molar-refractivity contribution in [3.63, 3.8) is 0 Å². The van der Waals surface area contributed by atoms with Crippen LogP contribution in [0.15, 0.2) is 65.5 Å². The number of nitrogens with zero attached hydrogens (tertiary/aromatic N) is 4. The number of aromatic carboxylic acids is 1. The third-order valence-electron chi connectivity index (χ3n) is 12.5. The molecule has 348 valence electrons. The number of carboxylic acid groups (broad SMARTS) is 2. The van der Waals surface area contributed by atoms with Crippen molar-refractivity contribution in [1.82, 2.24) is 23.7 Å². The highest BCUT2D eigenvalue weighted by atomic mass is 35.5. The number of likely N-dealkylation sites (tertiary alicyclic amines) is 1. The van der Waals surface area contributed by atoms with E-state index < -0.39 is 36.3 Å². The average Bonchev–Trinajstić information content (AvgIpc) is 3.74. The molecule has 3 aliphatic rings. The molecule has 0 saturated carbocycles. The summed E-state index contributed by atoms with van der Waals surface area (Å²) in [4.78, 5) is 76.0. The van der Waals surface area contributed by atoms with Gasteiger partial charge in [0, 0.05) is 56.1 Å². The van der Waals surface area contributed by atoms with Crippen molar-refractivity contribution in [3.8, 4) is 16.2 Å². The van der Waals surface area contributed by atoms with Gasteiger partial charge in [-0.1, -0.05) is 47.8 Å². The van der Waals surface area contributed by atoms with Gasteiger partial charge in [0.25, 0.3) is 0 Å². The van der Waals surface area contributed by atoms with E-state index in [1.807, 2.05) is 36.4 Å². The van der Waals surface area contributed by atoms with Gasteiger partial charge < -0.3 is 30.5 Å². The lowest BCUT2D eigenvalue weighted by atomic mass is 9.89. The molecule has 3 fully saturated rings. The largest absolute Gasteiger partial charge is 0.479 e. The number of thiophene rings is 1. The van der Waals surface area contributed by atoms with Gasteiger partial charge in [-0.15, -0.1) is 11.3 Å². The van der Waals surface area contributed by atoms with E-state index in [0.717, 1.165) is 47.5 Å². The van der Waals surface area contributed by atoms with Gasteiger partial charge >= 0.3 is 23.7 Å². The second kappa shape index (κ2) is 19.1. The molecule has 3 saturated heterocycles. The summed E-state index contributed by atoms with van der Waals surface area (Å²) in [7, 11) is 1.66. The number of aryl methyl sites for hydroxylation is 1. The SMILES string of the molecule is Cn1c(=O)n(C2CCC(=O)NC2=O)c2ccc(C3CCN(C(=O)Nc4cc(CSN5CCC(Nc6cccc(-c7sc(C(=O)O)c(OCC(=O)O)c7Cl)c6)CC5(C)C)ccc4F)CC3)cc21. The summed E-state index contributed by atoms with van der Waals surface area (Å²) < 4.78 is 25.7. The van der Waals surface area contributed by atoms with E-state index in [1.54, 1.807) is 42.1 Å². The van der Waals surface area contributed by atoms with Gasteiger partial charge in [-0.3, -0.25) is 24.0 Å². The lowest BCUT2D eigenvalue weighted by Gasteiger charge is -2.45. The topological polar surface area (TPSA) is 205 Å². The summed E-state index contributed by atoms with van der Waals surface area (Å²) >= 11 is 9.11. The molecule has 4 amide bonds. The van der Waals surface area contributed by atoms with Crippen LogP contribution in [0.5, 0.6) is 5.75 Å². The molecule has 0 aliphatic carbocycles. The van der Waals surface area contributed by atoms with Crippen LogP contribution in [0.4, 0.5) is 20.6 Å². The molecule has 3 aliphatic heterocycles. The van der Waals surface area contributed by atoms with Gasteiger partial charge in [0.2, 0.25) is 11.8 Å².